The third-order valence-electron chi connectivity index (χ3n) is 4.99. The van der Waals surface area contributed by atoms with E-state index in [-0.39, 0.29) is 6.04 Å². The van der Waals surface area contributed by atoms with Gasteiger partial charge in [-0.15, -0.1) is 5.10 Å². The van der Waals surface area contributed by atoms with Crippen molar-refractivity contribution in [2.24, 2.45) is 7.05 Å². The molecule has 0 saturated carbocycles. The van der Waals surface area contributed by atoms with Crippen molar-refractivity contribution in [3.63, 3.8) is 0 Å². The van der Waals surface area contributed by atoms with Gasteiger partial charge in [-0.2, -0.15) is 5.10 Å². The summed E-state index contributed by atoms with van der Waals surface area (Å²) in [6.07, 6.45) is 7.05. The minimum Gasteiger partial charge on any atom is -0.377 e. The summed E-state index contributed by atoms with van der Waals surface area (Å²) in [4.78, 5) is 14.1. The highest BCUT2D eigenvalue weighted by molar-refractivity contribution is 5.81. The number of rotatable bonds is 3. The zero-order valence-electron chi connectivity index (χ0n) is 15.2. The Kier molecular flexibility index (Phi) is 3.68. The average Bonchev–Trinajstić information content (AvgIpc) is 3.41. The van der Waals surface area contributed by atoms with Crippen molar-refractivity contribution in [2.45, 2.75) is 13.0 Å². The van der Waals surface area contributed by atoms with Gasteiger partial charge in [0.25, 0.3) is 0 Å². The fourth-order valence-electron chi connectivity index (χ4n) is 3.58. The van der Waals surface area contributed by atoms with E-state index in [0.29, 0.717) is 13.2 Å². The fourth-order valence-corrected chi connectivity index (χ4v) is 3.58. The van der Waals surface area contributed by atoms with Gasteiger partial charge in [-0.1, -0.05) is 0 Å². The van der Waals surface area contributed by atoms with Crippen LogP contribution in [0.2, 0.25) is 0 Å². The van der Waals surface area contributed by atoms with Crippen LogP contribution < -0.4 is 4.90 Å². The molecular weight excluding hydrogens is 344 g/mol. The molecular formula is C18H20N8O. The van der Waals surface area contributed by atoms with Crippen LogP contribution in [0.3, 0.4) is 0 Å². The Labute approximate surface area is 155 Å². The SMILES string of the molecule is CC1COCCN1c1cc(-c2ccnn2C)c2cnc(-c3cnc[nH]3)n2n1. The molecule has 1 N–H and O–H groups in total. The Morgan fingerprint density at radius 1 is 1.30 bits per heavy atom. The Bertz CT molecular complexity index is 1080. The smallest absolute Gasteiger partial charge is 0.179 e. The molecule has 138 valence electrons. The summed E-state index contributed by atoms with van der Waals surface area (Å²) in [5, 5.41) is 9.24. The number of nitrogens with one attached hydrogen (secondary N) is 1. The summed E-state index contributed by atoms with van der Waals surface area (Å²) < 4.78 is 9.34. The monoisotopic (exact) mass is 364 g/mol. The molecule has 1 unspecified atom stereocenters. The number of H-pyrrole nitrogens is 1. The Balaban J connectivity index is 1.76. The van der Waals surface area contributed by atoms with E-state index in [1.165, 1.54) is 0 Å². The molecule has 1 fully saturated rings. The van der Waals surface area contributed by atoms with Crippen LogP contribution >= 0.6 is 0 Å². The second-order valence-electron chi connectivity index (χ2n) is 6.72. The number of hydrogen-bond donors (Lipinski definition) is 1. The van der Waals surface area contributed by atoms with E-state index in [1.807, 2.05) is 28.5 Å². The number of hydrogen-bond acceptors (Lipinski definition) is 6. The van der Waals surface area contributed by atoms with E-state index in [4.69, 9.17) is 9.84 Å². The summed E-state index contributed by atoms with van der Waals surface area (Å²) in [6, 6.07) is 4.37. The van der Waals surface area contributed by atoms with Crippen molar-refractivity contribution in [3.05, 3.63) is 37.1 Å². The van der Waals surface area contributed by atoms with Crippen LogP contribution in [0.15, 0.2) is 37.1 Å². The molecule has 4 aromatic heterocycles. The van der Waals surface area contributed by atoms with Gasteiger partial charge >= 0.3 is 0 Å². The third-order valence-corrected chi connectivity index (χ3v) is 4.99. The molecule has 1 aliphatic heterocycles. The summed E-state index contributed by atoms with van der Waals surface area (Å²) in [7, 11) is 1.94. The molecule has 4 aromatic rings. The number of fused-ring (bicyclic) bond motifs is 1. The van der Waals surface area contributed by atoms with Crippen molar-refractivity contribution in [2.75, 3.05) is 24.7 Å². The lowest BCUT2D eigenvalue weighted by Crippen LogP contribution is -2.44. The van der Waals surface area contributed by atoms with Crippen LogP contribution in [0.25, 0.3) is 28.3 Å². The Morgan fingerprint density at radius 3 is 2.96 bits per heavy atom. The Morgan fingerprint density at radius 2 is 2.22 bits per heavy atom. The molecule has 0 aliphatic carbocycles. The zero-order valence-corrected chi connectivity index (χ0v) is 15.2. The molecule has 27 heavy (non-hydrogen) atoms. The molecule has 0 aromatic carbocycles. The maximum Gasteiger partial charge on any atom is 0.179 e. The Hall–Kier alpha value is -3.20. The summed E-state index contributed by atoms with van der Waals surface area (Å²) in [6.45, 7) is 4.34. The van der Waals surface area contributed by atoms with E-state index >= 15 is 0 Å². The molecule has 0 radical (unpaired) electrons. The standard InChI is InChI=1S/C18H20N8O/c1-12-10-27-6-5-25(12)17-7-13(15-3-4-22-24(15)2)16-9-20-18(26(16)23-17)14-8-19-11-21-14/h3-4,7-9,11-12H,5-6,10H2,1-2H3,(H,19,21). The minimum atomic E-state index is 0.252. The topological polar surface area (TPSA) is 89.2 Å². The van der Waals surface area contributed by atoms with Crippen LogP contribution in [0, 0.1) is 0 Å². The lowest BCUT2D eigenvalue weighted by molar-refractivity contribution is 0.0984. The average molecular weight is 364 g/mol. The number of morpholine rings is 1. The zero-order chi connectivity index (χ0) is 18.4. The van der Waals surface area contributed by atoms with Crippen molar-refractivity contribution in [3.8, 4) is 22.8 Å². The van der Waals surface area contributed by atoms with Crippen LogP contribution in [-0.4, -0.2) is 60.1 Å². The molecule has 0 amide bonds. The second-order valence-corrected chi connectivity index (χ2v) is 6.72. The molecule has 1 aliphatic rings. The van der Waals surface area contributed by atoms with Crippen molar-refractivity contribution >= 4 is 11.3 Å². The fraction of sp³-hybridized carbons (Fsp3) is 0.333. The largest absolute Gasteiger partial charge is 0.377 e. The molecule has 5 heterocycles. The van der Waals surface area contributed by atoms with Gasteiger partial charge < -0.3 is 14.6 Å². The van der Waals surface area contributed by atoms with Crippen LogP contribution in [0.5, 0.6) is 0 Å². The lowest BCUT2D eigenvalue weighted by atomic mass is 10.1. The molecule has 1 saturated heterocycles. The van der Waals surface area contributed by atoms with E-state index < -0.39 is 0 Å². The number of ether oxygens (including phenoxy) is 1. The highest BCUT2D eigenvalue weighted by Crippen LogP contribution is 2.31. The minimum absolute atomic E-state index is 0.252. The van der Waals surface area contributed by atoms with Gasteiger partial charge in [0.05, 0.1) is 49.2 Å². The van der Waals surface area contributed by atoms with Crippen molar-refractivity contribution in [1.82, 2.24) is 34.3 Å². The van der Waals surface area contributed by atoms with Gasteiger partial charge in [-0.05, 0) is 19.1 Å². The number of aryl methyl sites for hydroxylation is 1. The van der Waals surface area contributed by atoms with Gasteiger partial charge in [0.15, 0.2) is 11.6 Å². The number of imidazole rings is 2. The van der Waals surface area contributed by atoms with Gasteiger partial charge in [-0.3, -0.25) is 4.68 Å². The predicted octanol–water partition coefficient (Wildman–Crippen LogP) is 1.74. The van der Waals surface area contributed by atoms with Crippen LogP contribution in [0.1, 0.15) is 6.92 Å². The molecule has 5 rings (SSSR count). The first-order valence-electron chi connectivity index (χ1n) is 8.92. The van der Waals surface area contributed by atoms with Crippen molar-refractivity contribution in [1.29, 1.82) is 0 Å². The first-order valence-corrected chi connectivity index (χ1v) is 8.92. The molecule has 9 heteroatoms. The first kappa shape index (κ1) is 16.0. The third kappa shape index (κ3) is 2.58. The summed E-state index contributed by atoms with van der Waals surface area (Å²) in [5.41, 5.74) is 3.80. The van der Waals surface area contributed by atoms with E-state index in [9.17, 15) is 0 Å². The first-order chi connectivity index (χ1) is 13.2. The second kappa shape index (κ2) is 6.20. The molecule has 9 nitrogen and oxygen atoms in total. The molecule has 1 atom stereocenters. The van der Waals surface area contributed by atoms with Gasteiger partial charge in [0.1, 0.15) is 5.69 Å². The van der Waals surface area contributed by atoms with Crippen LogP contribution in [-0.2, 0) is 11.8 Å². The highest BCUT2D eigenvalue weighted by atomic mass is 16.5. The van der Waals surface area contributed by atoms with E-state index in [1.54, 1.807) is 18.7 Å². The maximum absolute atomic E-state index is 5.59. The van der Waals surface area contributed by atoms with Crippen LogP contribution in [0.4, 0.5) is 5.82 Å². The van der Waals surface area contributed by atoms with Crippen molar-refractivity contribution < 1.29 is 4.74 Å². The maximum atomic E-state index is 5.59. The lowest BCUT2D eigenvalue weighted by Gasteiger charge is -2.34. The van der Waals surface area contributed by atoms with Gasteiger partial charge in [0.2, 0.25) is 0 Å². The normalized spacial score (nSPS) is 17.7. The molecule has 0 bridgehead atoms. The number of anilines is 1. The predicted molar refractivity (Wildman–Crippen MR) is 100 cm³/mol. The highest BCUT2D eigenvalue weighted by Gasteiger charge is 2.24. The van der Waals surface area contributed by atoms with Gasteiger partial charge in [-0.25, -0.2) is 14.5 Å². The number of aromatic amines is 1. The van der Waals surface area contributed by atoms with E-state index in [2.05, 4.69) is 37.9 Å². The van der Waals surface area contributed by atoms with E-state index in [0.717, 1.165) is 40.7 Å². The summed E-state index contributed by atoms with van der Waals surface area (Å²) >= 11 is 0. The van der Waals surface area contributed by atoms with Gasteiger partial charge in [0, 0.05) is 25.4 Å². The quantitative estimate of drug-likeness (QED) is 0.596. The summed E-state index contributed by atoms with van der Waals surface area (Å²) in [5.74, 6) is 1.63. The molecule has 0 spiro atoms. The number of aromatic nitrogens is 7. The number of nitrogens with zero attached hydrogens (tertiary/aromatic N) is 7.